The van der Waals surface area contributed by atoms with Crippen LogP contribution in [0.1, 0.15) is 31.9 Å². The highest BCUT2D eigenvalue weighted by atomic mass is 79.9. The fraction of sp³-hybridized carbons (Fsp3) is 0.368. The minimum atomic E-state index is -0.251. The molecule has 24 heavy (non-hydrogen) atoms. The molecule has 2 aromatic rings. The Morgan fingerprint density at radius 1 is 1.08 bits per heavy atom. The van der Waals surface area contributed by atoms with E-state index in [-0.39, 0.29) is 5.82 Å². The minimum absolute atomic E-state index is 0.251. The molecule has 0 spiro atoms. The molecule has 130 valence electrons. The highest BCUT2D eigenvalue weighted by Crippen LogP contribution is 2.34. The molecule has 0 saturated carbocycles. The first-order chi connectivity index (χ1) is 11.5. The Balaban J connectivity index is 2.15. The molecule has 0 saturated heterocycles. The summed E-state index contributed by atoms with van der Waals surface area (Å²) in [5.41, 5.74) is 2.02. The Morgan fingerprint density at radius 3 is 2.38 bits per heavy atom. The standard InChI is InChI=1S/C19H23BrFNO2/c1-4-23-18-9-15(11-22-13(2)3)17(20)10-19(18)24-12-14-5-7-16(21)8-6-14/h5-10,13,22H,4,11-12H2,1-3H3. The molecule has 0 radical (unpaired) electrons. The third kappa shape index (κ3) is 5.49. The molecule has 0 bridgehead atoms. The molecule has 0 amide bonds. The van der Waals surface area contributed by atoms with E-state index in [1.54, 1.807) is 12.1 Å². The predicted octanol–water partition coefficient (Wildman–Crippen LogP) is 5.06. The van der Waals surface area contributed by atoms with Gasteiger partial charge in [-0.1, -0.05) is 41.9 Å². The molecular formula is C19H23BrFNO2. The van der Waals surface area contributed by atoms with Crippen molar-refractivity contribution in [2.75, 3.05) is 6.61 Å². The second kappa shape index (κ2) is 9.04. The minimum Gasteiger partial charge on any atom is -0.490 e. The molecule has 0 atom stereocenters. The normalized spacial score (nSPS) is 10.9. The molecular weight excluding hydrogens is 373 g/mol. The van der Waals surface area contributed by atoms with Crippen molar-refractivity contribution in [3.8, 4) is 11.5 Å². The largest absolute Gasteiger partial charge is 0.490 e. The average molecular weight is 396 g/mol. The molecule has 0 unspecified atom stereocenters. The van der Waals surface area contributed by atoms with Crippen molar-refractivity contribution in [3.05, 3.63) is 57.8 Å². The average Bonchev–Trinajstić information content (AvgIpc) is 2.55. The van der Waals surface area contributed by atoms with Gasteiger partial charge in [0.05, 0.1) is 6.61 Å². The van der Waals surface area contributed by atoms with Gasteiger partial charge in [0.25, 0.3) is 0 Å². The van der Waals surface area contributed by atoms with Crippen LogP contribution in [0.3, 0.4) is 0 Å². The van der Waals surface area contributed by atoms with Crippen LogP contribution in [-0.4, -0.2) is 12.6 Å². The van der Waals surface area contributed by atoms with Crippen LogP contribution in [0.2, 0.25) is 0 Å². The Hall–Kier alpha value is -1.59. The number of hydrogen-bond acceptors (Lipinski definition) is 3. The van der Waals surface area contributed by atoms with Gasteiger partial charge in [-0.3, -0.25) is 0 Å². The van der Waals surface area contributed by atoms with E-state index in [2.05, 4.69) is 35.1 Å². The summed E-state index contributed by atoms with van der Waals surface area (Å²) in [6.45, 7) is 7.82. The van der Waals surface area contributed by atoms with E-state index in [0.717, 1.165) is 22.1 Å². The highest BCUT2D eigenvalue weighted by molar-refractivity contribution is 9.10. The fourth-order valence-electron chi connectivity index (χ4n) is 2.15. The monoisotopic (exact) mass is 395 g/mol. The van der Waals surface area contributed by atoms with E-state index in [9.17, 15) is 4.39 Å². The Bertz CT molecular complexity index is 659. The summed E-state index contributed by atoms with van der Waals surface area (Å²) in [7, 11) is 0. The van der Waals surface area contributed by atoms with Crippen molar-refractivity contribution in [1.82, 2.24) is 5.32 Å². The van der Waals surface area contributed by atoms with Crippen LogP contribution in [0.4, 0.5) is 4.39 Å². The molecule has 1 N–H and O–H groups in total. The number of halogens is 2. The van der Waals surface area contributed by atoms with Gasteiger partial charge < -0.3 is 14.8 Å². The van der Waals surface area contributed by atoms with Gasteiger partial charge in [-0.25, -0.2) is 4.39 Å². The Labute approximate surface area is 151 Å². The number of nitrogens with one attached hydrogen (secondary N) is 1. The third-order valence-electron chi connectivity index (χ3n) is 3.42. The van der Waals surface area contributed by atoms with E-state index < -0.39 is 0 Å². The third-order valence-corrected chi connectivity index (χ3v) is 4.16. The van der Waals surface area contributed by atoms with E-state index in [0.29, 0.717) is 30.8 Å². The first-order valence-electron chi connectivity index (χ1n) is 8.05. The first-order valence-corrected chi connectivity index (χ1v) is 8.84. The molecule has 0 aliphatic rings. The van der Waals surface area contributed by atoms with Crippen LogP contribution >= 0.6 is 15.9 Å². The van der Waals surface area contributed by atoms with Crippen molar-refractivity contribution in [2.24, 2.45) is 0 Å². The highest BCUT2D eigenvalue weighted by Gasteiger charge is 2.11. The molecule has 0 fully saturated rings. The predicted molar refractivity (Wildman–Crippen MR) is 98.0 cm³/mol. The maximum absolute atomic E-state index is 13.0. The zero-order valence-corrected chi connectivity index (χ0v) is 15.8. The zero-order chi connectivity index (χ0) is 17.5. The van der Waals surface area contributed by atoms with Crippen molar-refractivity contribution in [3.63, 3.8) is 0 Å². The molecule has 0 aliphatic carbocycles. The summed E-state index contributed by atoms with van der Waals surface area (Å²) in [5, 5.41) is 3.39. The molecule has 2 aromatic carbocycles. The van der Waals surface area contributed by atoms with Crippen LogP contribution < -0.4 is 14.8 Å². The quantitative estimate of drug-likeness (QED) is 0.676. The first kappa shape index (κ1) is 18.7. The summed E-state index contributed by atoms with van der Waals surface area (Å²) in [6.07, 6.45) is 0. The zero-order valence-electron chi connectivity index (χ0n) is 14.2. The number of ether oxygens (including phenoxy) is 2. The van der Waals surface area contributed by atoms with Crippen LogP contribution in [0, 0.1) is 5.82 Å². The smallest absolute Gasteiger partial charge is 0.162 e. The fourth-order valence-corrected chi connectivity index (χ4v) is 2.61. The molecule has 5 heteroatoms. The van der Waals surface area contributed by atoms with Crippen LogP contribution in [0.5, 0.6) is 11.5 Å². The van der Waals surface area contributed by atoms with Gasteiger partial charge in [0.1, 0.15) is 12.4 Å². The molecule has 3 nitrogen and oxygen atoms in total. The van der Waals surface area contributed by atoms with Crippen LogP contribution in [-0.2, 0) is 13.2 Å². The summed E-state index contributed by atoms with van der Waals surface area (Å²) < 4.78 is 25.5. The van der Waals surface area contributed by atoms with Gasteiger partial charge in [0.2, 0.25) is 0 Å². The molecule has 0 heterocycles. The lowest BCUT2D eigenvalue weighted by Gasteiger charge is -2.16. The van der Waals surface area contributed by atoms with E-state index in [1.165, 1.54) is 12.1 Å². The van der Waals surface area contributed by atoms with Gasteiger partial charge in [-0.2, -0.15) is 0 Å². The van der Waals surface area contributed by atoms with Crippen molar-refractivity contribution < 1.29 is 13.9 Å². The Morgan fingerprint density at radius 2 is 1.75 bits per heavy atom. The van der Waals surface area contributed by atoms with Crippen molar-refractivity contribution >= 4 is 15.9 Å². The maximum Gasteiger partial charge on any atom is 0.162 e. The summed E-state index contributed by atoms with van der Waals surface area (Å²) >= 11 is 3.59. The van der Waals surface area contributed by atoms with Gasteiger partial charge in [-0.05, 0) is 42.3 Å². The van der Waals surface area contributed by atoms with Crippen LogP contribution in [0.15, 0.2) is 40.9 Å². The lowest BCUT2D eigenvalue weighted by Crippen LogP contribution is -2.22. The Kier molecular flexibility index (Phi) is 7.06. The number of rotatable bonds is 8. The lowest BCUT2D eigenvalue weighted by molar-refractivity contribution is 0.268. The van der Waals surface area contributed by atoms with E-state index >= 15 is 0 Å². The second-order valence-electron chi connectivity index (χ2n) is 5.77. The summed E-state index contributed by atoms with van der Waals surface area (Å²) in [5.74, 6) is 1.13. The number of hydrogen-bond donors (Lipinski definition) is 1. The van der Waals surface area contributed by atoms with Gasteiger partial charge >= 0.3 is 0 Å². The van der Waals surface area contributed by atoms with E-state index in [1.807, 2.05) is 19.1 Å². The molecule has 2 rings (SSSR count). The topological polar surface area (TPSA) is 30.5 Å². The van der Waals surface area contributed by atoms with E-state index in [4.69, 9.17) is 9.47 Å². The van der Waals surface area contributed by atoms with Gasteiger partial charge in [0.15, 0.2) is 11.5 Å². The summed E-state index contributed by atoms with van der Waals surface area (Å²) in [4.78, 5) is 0. The second-order valence-corrected chi connectivity index (χ2v) is 6.63. The van der Waals surface area contributed by atoms with Crippen molar-refractivity contribution in [1.29, 1.82) is 0 Å². The maximum atomic E-state index is 13.0. The van der Waals surface area contributed by atoms with Crippen LogP contribution in [0.25, 0.3) is 0 Å². The summed E-state index contributed by atoms with van der Waals surface area (Å²) in [6, 6.07) is 10.6. The SMILES string of the molecule is CCOc1cc(CNC(C)C)c(Br)cc1OCc1ccc(F)cc1. The molecule has 0 aromatic heterocycles. The molecule has 0 aliphatic heterocycles. The van der Waals surface area contributed by atoms with Crippen molar-refractivity contribution in [2.45, 2.75) is 40.0 Å². The van der Waals surface area contributed by atoms with Gasteiger partial charge in [-0.15, -0.1) is 0 Å². The number of benzene rings is 2. The van der Waals surface area contributed by atoms with Gasteiger partial charge in [0, 0.05) is 17.1 Å². The lowest BCUT2D eigenvalue weighted by atomic mass is 10.2.